The minimum Gasteiger partial charge on any atom is -0.465 e. The van der Waals surface area contributed by atoms with Crippen molar-refractivity contribution in [2.24, 2.45) is 5.73 Å². The molecule has 0 aliphatic heterocycles. The van der Waals surface area contributed by atoms with Crippen LogP contribution in [0.15, 0.2) is 0 Å². The van der Waals surface area contributed by atoms with Crippen LogP contribution in [0.2, 0.25) is 0 Å². The first-order chi connectivity index (χ1) is 4.29. The highest BCUT2D eigenvalue weighted by Crippen LogP contribution is 1.74. The van der Waals surface area contributed by atoms with E-state index in [1.165, 1.54) is 6.92 Å². The van der Waals surface area contributed by atoms with E-state index in [4.69, 9.17) is 14.5 Å². The van der Waals surface area contributed by atoms with Gasteiger partial charge >= 0.3 is 6.09 Å². The summed E-state index contributed by atoms with van der Waals surface area (Å²) in [6.45, 7) is 1.37. The van der Waals surface area contributed by atoms with Crippen molar-refractivity contribution in [2.75, 3.05) is 5.75 Å². The number of carboxylic acid groups (broad SMARTS) is 1. The summed E-state index contributed by atoms with van der Waals surface area (Å²) >= 11 is 0. The lowest BCUT2D eigenvalue weighted by molar-refractivity contribution is 0.205. The Hall–Kier alpha value is -0.820. The molecule has 0 atom stereocenters. The van der Waals surface area contributed by atoms with Crippen molar-refractivity contribution in [2.45, 2.75) is 6.92 Å². The number of primary amides is 1. The molecule has 0 spiro atoms. The minimum absolute atomic E-state index is 0.201. The van der Waals surface area contributed by atoms with E-state index >= 15 is 0 Å². The van der Waals surface area contributed by atoms with Crippen molar-refractivity contribution in [3.63, 3.8) is 0 Å². The SMILES string of the molecule is CCS(=O)(=O)O.NC(=O)O. The maximum absolute atomic E-state index is 9.56. The highest BCUT2D eigenvalue weighted by Gasteiger charge is 1.93. The van der Waals surface area contributed by atoms with Crippen molar-refractivity contribution in [3.05, 3.63) is 0 Å². The highest BCUT2D eigenvalue weighted by molar-refractivity contribution is 7.85. The molecule has 0 fully saturated rings. The molecule has 0 saturated carbocycles. The predicted octanol–water partition coefficient (Wildman–Crippen LogP) is -0.483. The standard InChI is InChI=1S/C2H6O3S.CH3NO2/c1-2-6(3,4)5;2-1(3)4/h2H2,1H3,(H,3,4,5);2H2,(H,3,4). The predicted molar refractivity (Wildman–Crippen MR) is 34.3 cm³/mol. The molecule has 0 aromatic carbocycles. The van der Waals surface area contributed by atoms with Crippen LogP contribution in [-0.2, 0) is 10.1 Å². The first-order valence-electron chi connectivity index (χ1n) is 2.23. The molecule has 0 aliphatic carbocycles. The molecule has 0 unspecified atom stereocenters. The second-order valence-electron chi connectivity index (χ2n) is 1.21. The number of hydrogen-bond donors (Lipinski definition) is 3. The summed E-state index contributed by atoms with van der Waals surface area (Å²) in [6, 6.07) is 0. The van der Waals surface area contributed by atoms with Crippen molar-refractivity contribution >= 4 is 16.2 Å². The number of rotatable bonds is 1. The van der Waals surface area contributed by atoms with Crippen LogP contribution in [0.25, 0.3) is 0 Å². The third-order valence-corrected chi connectivity index (χ3v) is 1.09. The van der Waals surface area contributed by atoms with Gasteiger partial charge in [-0.2, -0.15) is 8.42 Å². The molecule has 1 amide bonds. The molecule has 0 radical (unpaired) electrons. The van der Waals surface area contributed by atoms with Crippen LogP contribution in [0, 0.1) is 0 Å². The Kier molecular flexibility index (Phi) is 5.96. The molecule has 62 valence electrons. The molecule has 0 aromatic heterocycles. The van der Waals surface area contributed by atoms with E-state index in [0.717, 1.165) is 0 Å². The summed E-state index contributed by atoms with van der Waals surface area (Å²) in [5, 5.41) is 7.19. The van der Waals surface area contributed by atoms with Crippen molar-refractivity contribution in [3.8, 4) is 0 Å². The largest absolute Gasteiger partial charge is 0.465 e. The van der Waals surface area contributed by atoms with E-state index in [1.807, 2.05) is 0 Å². The number of nitrogens with two attached hydrogens (primary N) is 1. The topological polar surface area (TPSA) is 118 Å². The Labute approximate surface area is 58.4 Å². The minimum atomic E-state index is -3.66. The normalized spacial score (nSPS) is 9.40. The highest BCUT2D eigenvalue weighted by atomic mass is 32.2. The van der Waals surface area contributed by atoms with Crippen molar-refractivity contribution in [1.82, 2.24) is 0 Å². The molecule has 7 heteroatoms. The van der Waals surface area contributed by atoms with Gasteiger partial charge in [-0.1, -0.05) is 0 Å². The molecule has 0 bridgehead atoms. The molecule has 6 nitrogen and oxygen atoms in total. The van der Waals surface area contributed by atoms with E-state index in [-0.39, 0.29) is 5.75 Å². The zero-order valence-electron chi connectivity index (χ0n) is 5.31. The second-order valence-corrected chi connectivity index (χ2v) is 2.95. The molecule has 0 aliphatic rings. The van der Waals surface area contributed by atoms with Gasteiger partial charge in [0.1, 0.15) is 0 Å². The monoisotopic (exact) mass is 171 g/mol. The van der Waals surface area contributed by atoms with Crippen LogP contribution in [0.3, 0.4) is 0 Å². The van der Waals surface area contributed by atoms with Gasteiger partial charge in [0.2, 0.25) is 0 Å². The summed E-state index contributed by atoms with van der Waals surface area (Å²) < 4.78 is 26.9. The third kappa shape index (κ3) is 57.7. The van der Waals surface area contributed by atoms with Crippen LogP contribution in [0.4, 0.5) is 4.79 Å². The Morgan fingerprint density at radius 3 is 1.70 bits per heavy atom. The van der Waals surface area contributed by atoms with Gasteiger partial charge < -0.3 is 10.8 Å². The van der Waals surface area contributed by atoms with Crippen LogP contribution in [-0.4, -0.2) is 29.9 Å². The van der Waals surface area contributed by atoms with Crippen LogP contribution < -0.4 is 5.73 Å². The van der Waals surface area contributed by atoms with Crippen molar-refractivity contribution < 1.29 is 22.9 Å². The van der Waals surface area contributed by atoms with E-state index in [9.17, 15) is 8.42 Å². The number of hydrogen-bond acceptors (Lipinski definition) is 3. The van der Waals surface area contributed by atoms with E-state index in [2.05, 4.69) is 5.73 Å². The Morgan fingerprint density at radius 1 is 1.60 bits per heavy atom. The summed E-state index contributed by atoms with van der Waals surface area (Å²) in [5.74, 6) is -0.201. The van der Waals surface area contributed by atoms with Gasteiger partial charge in [-0.3, -0.25) is 4.55 Å². The zero-order chi connectivity index (χ0) is 8.78. The third-order valence-electron chi connectivity index (χ3n) is 0.365. The number of carbonyl (C=O) groups is 1. The molecule has 0 saturated heterocycles. The average molecular weight is 171 g/mol. The first-order valence-corrected chi connectivity index (χ1v) is 3.84. The fraction of sp³-hybridized carbons (Fsp3) is 0.667. The summed E-state index contributed by atoms with van der Waals surface area (Å²) in [4.78, 5) is 8.78. The lowest BCUT2D eigenvalue weighted by Crippen LogP contribution is -2.03. The quantitative estimate of drug-likeness (QED) is 0.460. The van der Waals surface area contributed by atoms with Crippen LogP contribution in [0.5, 0.6) is 0 Å². The molecular weight excluding hydrogens is 162 g/mol. The van der Waals surface area contributed by atoms with Crippen LogP contribution >= 0.6 is 0 Å². The van der Waals surface area contributed by atoms with Gasteiger partial charge in [-0.15, -0.1) is 0 Å². The van der Waals surface area contributed by atoms with Crippen LogP contribution in [0.1, 0.15) is 6.92 Å². The van der Waals surface area contributed by atoms with E-state index < -0.39 is 16.2 Å². The lowest BCUT2D eigenvalue weighted by atomic mass is 11.0. The lowest BCUT2D eigenvalue weighted by Gasteiger charge is -1.79. The Balaban J connectivity index is 0. The fourth-order valence-corrected chi connectivity index (χ4v) is 0. The molecule has 10 heavy (non-hydrogen) atoms. The summed E-state index contributed by atoms with van der Waals surface area (Å²) in [6.07, 6.45) is -1.33. The van der Waals surface area contributed by atoms with Gasteiger partial charge in [0.05, 0.1) is 5.75 Å². The van der Waals surface area contributed by atoms with Gasteiger partial charge in [0, 0.05) is 0 Å². The van der Waals surface area contributed by atoms with Gasteiger partial charge in [0.15, 0.2) is 0 Å². The Morgan fingerprint density at radius 2 is 1.70 bits per heavy atom. The van der Waals surface area contributed by atoms with Gasteiger partial charge in [-0.25, -0.2) is 4.79 Å². The maximum Gasteiger partial charge on any atom is 0.402 e. The Bertz CT molecular complexity index is 179. The molecular formula is C3H9NO5S. The molecule has 0 heterocycles. The van der Waals surface area contributed by atoms with Gasteiger partial charge in [-0.05, 0) is 6.92 Å². The average Bonchev–Trinajstić information content (AvgIpc) is 1.63. The fourth-order valence-electron chi connectivity index (χ4n) is 0. The smallest absolute Gasteiger partial charge is 0.402 e. The summed E-state index contributed by atoms with van der Waals surface area (Å²) in [7, 11) is -3.66. The van der Waals surface area contributed by atoms with Gasteiger partial charge in [0.25, 0.3) is 10.1 Å². The molecule has 4 N–H and O–H groups in total. The maximum atomic E-state index is 9.56. The second kappa shape index (κ2) is 5.00. The molecule has 0 rings (SSSR count). The number of amides is 1. The van der Waals surface area contributed by atoms with Crippen molar-refractivity contribution in [1.29, 1.82) is 0 Å². The van der Waals surface area contributed by atoms with E-state index in [0.29, 0.717) is 0 Å². The zero-order valence-corrected chi connectivity index (χ0v) is 6.13. The van der Waals surface area contributed by atoms with E-state index in [1.54, 1.807) is 0 Å². The first kappa shape index (κ1) is 11.9. The molecule has 0 aromatic rings. The summed E-state index contributed by atoms with van der Waals surface area (Å²) in [5.41, 5.74) is 4.03.